The average molecular weight is 374 g/mol. The summed E-state index contributed by atoms with van der Waals surface area (Å²) in [6.07, 6.45) is 9.54. The lowest BCUT2D eigenvalue weighted by molar-refractivity contribution is 0.582. The van der Waals surface area contributed by atoms with E-state index in [1.807, 2.05) is 0 Å². The predicted octanol–water partition coefficient (Wildman–Crippen LogP) is 7.48. The number of anilines is 1. The number of halogens is 1. The minimum atomic E-state index is 0. The first-order valence-electron chi connectivity index (χ1n) is 10.1. The standard InChI is InChI=1S/C24H35N.ClH/c1-4-5-6-7-8-9-13-19-25(24-17-11-10-12-18-24)20-23-16-14-15-21(2)22(23)3;/h10-12,14-18H,4-9,13,19-20H2,1-3H3;1H. The zero-order valence-electron chi connectivity index (χ0n) is 16.8. The van der Waals surface area contributed by atoms with Gasteiger partial charge in [0.25, 0.3) is 0 Å². The van der Waals surface area contributed by atoms with Gasteiger partial charge in [-0.2, -0.15) is 0 Å². The molecule has 2 rings (SSSR count). The first kappa shape index (κ1) is 22.6. The van der Waals surface area contributed by atoms with E-state index in [0.29, 0.717) is 0 Å². The van der Waals surface area contributed by atoms with Crippen LogP contribution in [0.3, 0.4) is 0 Å². The molecule has 0 bridgehead atoms. The summed E-state index contributed by atoms with van der Waals surface area (Å²) >= 11 is 0. The SMILES string of the molecule is CCCCCCCCCN(Cc1cccc(C)c1C)c1ccccc1.Cl. The van der Waals surface area contributed by atoms with Gasteiger partial charge in [-0.05, 0) is 49.1 Å². The molecule has 0 aromatic heterocycles. The van der Waals surface area contributed by atoms with Crippen molar-refractivity contribution in [1.29, 1.82) is 0 Å². The Hall–Kier alpha value is -1.47. The van der Waals surface area contributed by atoms with E-state index in [4.69, 9.17) is 0 Å². The molecule has 0 aliphatic rings. The maximum absolute atomic E-state index is 2.55. The average Bonchev–Trinajstić information content (AvgIpc) is 2.64. The van der Waals surface area contributed by atoms with Crippen LogP contribution in [0.25, 0.3) is 0 Å². The summed E-state index contributed by atoms with van der Waals surface area (Å²) in [5, 5.41) is 0. The van der Waals surface area contributed by atoms with Crippen LogP contribution < -0.4 is 4.90 Å². The number of nitrogens with zero attached hydrogens (tertiary/aromatic N) is 1. The fraction of sp³-hybridized carbons (Fsp3) is 0.500. The highest BCUT2D eigenvalue weighted by Crippen LogP contribution is 2.21. The second kappa shape index (κ2) is 12.8. The van der Waals surface area contributed by atoms with Crippen molar-refractivity contribution in [2.24, 2.45) is 0 Å². The number of hydrogen-bond acceptors (Lipinski definition) is 1. The first-order chi connectivity index (χ1) is 12.2. The van der Waals surface area contributed by atoms with Gasteiger partial charge in [0.2, 0.25) is 0 Å². The quantitative estimate of drug-likeness (QED) is 0.369. The van der Waals surface area contributed by atoms with Gasteiger partial charge in [-0.1, -0.05) is 81.8 Å². The number of unbranched alkanes of at least 4 members (excludes halogenated alkanes) is 6. The topological polar surface area (TPSA) is 3.24 Å². The minimum absolute atomic E-state index is 0. The summed E-state index contributed by atoms with van der Waals surface area (Å²) in [4.78, 5) is 2.55. The Labute approximate surface area is 167 Å². The Balaban J connectivity index is 0.00000338. The van der Waals surface area contributed by atoms with E-state index >= 15 is 0 Å². The maximum Gasteiger partial charge on any atom is 0.0432 e. The van der Waals surface area contributed by atoms with E-state index in [2.05, 4.69) is 74.2 Å². The molecule has 2 heteroatoms. The number of para-hydroxylation sites is 1. The van der Waals surface area contributed by atoms with Crippen molar-refractivity contribution in [2.45, 2.75) is 72.3 Å². The molecular weight excluding hydrogens is 338 g/mol. The molecule has 0 fully saturated rings. The molecule has 0 atom stereocenters. The van der Waals surface area contributed by atoms with E-state index in [1.54, 1.807) is 0 Å². The van der Waals surface area contributed by atoms with Crippen LogP contribution in [0.5, 0.6) is 0 Å². The zero-order valence-corrected chi connectivity index (χ0v) is 17.7. The highest BCUT2D eigenvalue weighted by Gasteiger charge is 2.09. The third kappa shape index (κ3) is 7.41. The molecule has 0 amide bonds. The molecule has 26 heavy (non-hydrogen) atoms. The van der Waals surface area contributed by atoms with Crippen LogP contribution >= 0.6 is 12.4 Å². The second-order valence-electron chi connectivity index (χ2n) is 7.24. The zero-order chi connectivity index (χ0) is 17.9. The van der Waals surface area contributed by atoms with Gasteiger partial charge < -0.3 is 4.90 Å². The monoisotopic (exact) mass is 373 g/mol. The van der Waals surface area contributed by atoms with Crippen molar-refractivity contribution in [1.82, 2.24) is 0 Å². The van der Waals surface area contributed by atoms with Gasteiger partial charge in [-0.25, -0.2) is 0 Å². The molecule has 0 spiro atoms. The molecule has 0 aliphatic carbocycles. The van der Waals surface area contributed by atoms with Crippen LogP contribution in [-0.4, -0.2) is 6.54 Å². The van der Waals surface area contributed by atoms with Gasteiger partial charge in [0.05, 0.1) is 0 Å². The lowest BCUT2D eigenvalue weighted by Gasteiger charge is -2.26. The Morgan fingerprint density at radius 3 is 2.08 bits per heavy atom. The van der Waals surface area contributed by atoms with Crippen molar-refractivity contribution in [3.63, 3.8) is 0 Å². The second-order valence-corrected chi connectivity index (χ2v) is 7.24. The fourth-order valence-corrected chi connectivity index (χ4v) is 3.39. The summed E-state index contributed by atoms with van der Waals surface area (Å²) in [5.41, 5.74) is 5.62. The van der Waals surface area contributed by atoms with Crippen LogP contribution in [0.1, 0.15) is 68.6 Å². The molecule has 0 saturated carbocycles. The summed E-state index contributed by atoms with van der Waals surface area (Å²) < 4.78 is 0. The van der Waals surface area contributed by atoms with Crippen LogP contribution in [0, 0.1) is 13.8 Å². The Morgan fingerprint density at radius 2 is 1.38 bits per heavy atom. The molecule has 0 heterocycles. The molecule has 0 saturated heterocycles. The normalized spacial score (nSPS) is 10.4. The van der Waals surface area contributed by atoms with Crippen molar-refractivity contribution in [2.75, 3.05) is 11.4 Å². The van der Waals surface area contributed by atoms with Crippen molar-refractivity contribution >= 4 is 18.1 Å². The fourth-order valence-electron chi connectivity index (χ4n) is 3.39. The van der Waals surface area contributed by atoms with Gasteiger partial charge in [-0.3, -0.25) is 0 Å². The first-order valence-corrected chi connectivity index (χ1v) is 10.1. The van der Waals surface area contributed by atoms with Crippen molar-refractivity contribution in [3.05, 3.63) is 65.2 Å². The third-order valence-corrected chi connectivity index (χ3v) is 5.23. The number of benzene rings is 2. The molecule has 0 aliphatic heterocycles. The van der Waals surface area contributed by atoms with Crippen LogP contribution in [-0.2, 0) is 6.54 Å². The Bertz CT molecular complexity index is 609. The maximum atomic E-state index is 2.55. The third-order valence-electron chi connectivity index (χ3n) is 5.23. The van der Waals surface area contributed by atoms with Crippen molar-refractivity contribution in [3.8, 4) is 0 Å². The van der Waals surface area contributed by atoms with Gasteiger partial charge in [-0.15, -0.1) is 12.4 Å². The summed E-state index contributed by atoms with van der Waals surface area (Å²) in [5.74, 6) is 0. The largest absolute Gasteiger partial charge is 0.367 e. The molecule has 0 radical (unpaired) electrons. The van der Waals surface area contributed by atoms with Crippen LogP contribution in [0.15, 0.2) is 48.5 Å². The van der Waals surface area contributed by atoms with Crippen LogP contribution in [0.2, 0.25) is 0 Å². The molecule has 0 unspecified atom stereocenters. The van der Waals surface area contributed by atoms with E-state index in [0.717, 1.165) is 13.1 Å². The van der Waals surface area contributed by atoms with Gasteiger partial charge in [0.1, 0.15) is 0 Å². The van der Waals surface area contributed by atoms with Gasteiger partial charge in [0, 0.05) is 18.8 Å². The molecule has 0 N–H and O–H groups in total. The number of aryl methyl sites for hydroxylation is 1. The summed E-state index contributed by atoms with van der Waals surface area (Å²) in [6, 6.07) is 17.6. The van der Waals surface area contributed by atoms with E-state index in [9.17, 15) is 0 Å². The van der Waals surface area contributed by atoms with Crippen LogP contribution in [0.4, 0.5) is 5.69 Å². The van der Waals surface area contributed by atoms with Gasteiger partial charge >= 0.3 is 0 Å². The number of hydrogen-bond donors (Lipinski definition) is 0. The van der Waals surface area contributed by atoms with E-state index in [-0.39, 0.29) is 12.4 Å². The Morgan fingerprint density at radius 1 is 0.731 bits per heavy atom. The lowest BCUT2D eigenvalue weighted by Crippen LogP contribution is -2.24. The molecular formula is C24H36ClN. The summed E-state index contributed by atoms with van der Waals surface area (Å²) in [7, 11) is 0. The highest BCUT2D eigenvalue weighted by molar-refractivity contribution is 5.85. The van der Waals surface area contributed by atoms with E-state index < -0.39 is 0 Å². The summed E-state index contributed by atoms with van der Waals surface area (Å²) in [6.45, 7) is 8.90. The minimum Gasteiger partial charge on any atom is -0.367 e. The van der Waals surface area contributed by atoms with E-state index in [1.165, 1.54) is 67.3 Å². The number of rotatable bonds is 11. The molecule has 144 valence electrons. The highest BCUT2D eigenvalue weighted by atomic mass is 35.5. The molecule has 2 aromatic rings. The molecule has 1 nitrogen and oxygen atoms in total. The molecule has 2 aromatic carbocycles. The lowest BCUT2D eigenvalue weighted by atomic mass is 10.0. The Kier molecular flexibility index (Phi) is 11.1. The smallest absolute Gasteiger partial charge is 0.0432 e. The van der Waals surface area contributed by atoms with Crippen molar-refractivity contribution < 1.29 is 0 Å². The van der Waals surface area contributed by atoms with Gasteiger partial charge in [0.15, 0.2) is 0 Å². The predicted molar refractivity (Wildman–Crippen MR) is 119 cm³/mol.